The summed E-state index contributed by atoms with van der Waals surface area (Å²) in [6.45, 7) is 6.55. The molecule has 0 aromatic carbocycles. The van der Waals surface area contributed by atoms with Gasteiger partial charge in [0.2, 0.25) is 0 Å². The number of carbonyl (C=O) groups is 3. The van der Waals surface area contributed by atoms with Crippen molar-refractivity contribution in [2.75, 3.05) is 13.2 Å². The molecule has 6 nitrogen and oxygen atoms in total. The van der Waals surface area contributed by atoms with Crippen LogP contribution in [0.15, 0.2) is 48.6 Å². The molecule has 0 N–H and O–H groups in total. The van der Waals surface area contributed by atoms with Gasteiger partial charge < -0.3 is 14.2 Å². The summed E-state index contributed by atoms with van der Waals surface area (Å²) in [5.41, 5.74) is 0. The molecule has 0 rings (SSSR count). The van der Waals surface area contributed by atoms with E-state index in [0.29, 0.717) is 19.3 Å². The van der Waals surface area contributed by atoms with Gasteiger partial charge in [0, 0.05) is 19.3 Å². The van der Waals surface area contributed by atoms with Gasteiger partial charge in [0.15, 0.2) is 6.10 Å². The van der Waals surface area contributed by atoms with Gasteiger partial charge in [-0.15, -0.1) is 0 Å². The van der Waals surface area contributed by atoms with Crippen molar-refractivity contribution < 1.29 is 28.6 Å². The molecule has 0 heterocycles. The number of hydrogen-bond donors (Lipinski definition) is 0. The zero-order chi connectivity index (χ0) is 52.9. The van der Waals surface area contributed by atoms with Crippen molar-refractivity contribution >= 4 is 17.9 Å². The molecule has 0 spiro atoms. The molecule has 0 aliphatic rings. The molecule has 426 valence electrons. The zero-order valence-electron chi connectivity index (χ0n) is 48.9. The second kappa shape index (κ2) is 61.9. The first-order chi connectivity index (χ1) is 36.0. The molecule has 0 aliphatic heterocycles. The molecule has 1 unspecified atom stereocenters. The minimum Gasteiger partial charge on any atom is -0.462 e. The molecule has 0 amide bonds. The van der Waals surface area contributed by atoms with Gasteiger partial charge in [-0.1, -0.05) is 294 Å². The first-order valence-corrected chi connectivity index (χ1v) is 32.1. The molecule has 0 fully saturated rings. The molecule has 0 radical (unpaired) electrons. The van der Waals surface area contributed by atoms with Crippen molar-refractivity contribution in [2.24, 2.45) is 0 Å². The Bertz CT molecular complexity index is 1270. The van der Waals surface area contributed by atoms with Crippen LogP contribution >= 0.6 is 0 Å². The lowest BCUT2D eigenvalue weighted by molar-refractivity contribution is -0.167. The molecular weight excluding hydrogens is 901 g/mol. The lowest BCUT2D eigenvalue weighted by atomic mass is 10.0. The minimum absolute atomic E-state index is 0.0784. The smallest absolute Gasteiger partial charge is 0.306 e. The van der Waals surface area contributed by atoms with Gasteiger partial charge in [0.1, 0.15) is 13.2 Å². The van der Waals surface area contributed by atoms with Gasteiger partial charge in [-0.25, -0.2) is 0 Å². The molecule has 0 saturated carbocycles. The van der Waals surface area contributed by atoms with Gasteiger partial charge in [0.25, 0.3) is 0 Å². The van der Waals surface area contributed by atoms with E-state index in [4.69, 9.17) is 14.2 Å². The van der Waals surface area contributed by atoms with E-state index in [9.17, 15) is 14.4 Å². The maximum atomic E-state index is 12.9. The van der Waals surface area contributed by atoms with E-state index in [2.05, 4.69) is 69.4 Å². The van der Waals surface area contributed by atoms with Gasteiger partial charge in [-0.05, 0) is 77.0 Å². The van der Waals surface area contributed by atoms with Crippen molar-refractivity contribution in [3.63, 3.8) is 0 Å². The van der Waals surface area contributed by atoms with Gasteiger partial charge >= 0.3 is 17.9 Å². The number of allylic oxidation sites excluding steroid dienone is 8. The maximum Gasteiger partial charge on any atom is 0.306 e. The number of ether oxygens (including phenoxy) is 3. The highest BCUT2D eigenvalue weighted by atomic mass is 16.6. The van der Waals surface area contributed by atoms with Crippen LogP contribution < -0.4 is 0 Å². The van der Waals surface area contributed by atoms with Crippen molar-refractivity contribution in [3.8, 4) is 0 Å². The first-order valence-electron chi connectivity index (χ1n) is 32.1. The fourth-order valence-corrected chi connectivity index (χ4v) is 9.51. The predicted molar refractivity (Wildman–Crippen MR) is 316 cm³/mol. The van der Waals surface area contributed by atoms with Gasteiger partial charge in [-0.3, -0.25) is 14.4 Å². The predicted octanol–water partition coefficient (Wildman–Crippen LogP) is 21.8. The van der Waals surface area contributed by atoms with E-state index in [1.165, 1.54) is 218 Å². The molecule has 0 bridgehead atoms. The second-order valence-corrected chi connectivity index (χ2v) is 21.6. The Hall–Kier alpha value is -2.63. The second-order valence-electron chi connectivity index (χ2n) is 21.6. The van der Waals surface area contributed by atoms with Crippen LogP contribution in [0.25, 0.3) is 0 Å². The molecule has 0 aromatic heterocycles. The van der Waals surface area contributed by atoms with E-state index in [0.717, 1.165) is 83.5 Å². The van der Waals surface area contributed by atoms with Crippen molar-refractivity contribution in [1.82, 2.24) is 0 Å². The largest absolute Gasteiger partial charge is 0.462 e. The first kappa shape index (κ1) is 70.4. The Kier molecular flexibility index (Phi) is 59.7. The van der Waals surface area contributed by atoms with E-state index in [-0.39, 0.29) is 31.1 Å². The number of unbranched alkanes of at least 4 members (excludes halogenated alkanes) is 40. The van der Waals surface area contributed by atoms with Crippen LogP contribution in [-0.4, -0.2) is 37.2 Å². The van der Waals surface area contributed by atoms with E-state index in [1.807, 2.05) is 0 Å². The molecule has 0 saturated heterocycles. The number of esters is 3. The monoisotopic (exact) mass is 1020 g/mol. The van der Waals surface area contributed by atoms with Crippen LogP contribution in [0.5, 0.6) is 0 Å². The Labute approximate surface area is 454 Å². The lowest BCUT2D eigenvalue weighted by Gasteiger charge is -2.18. The highest BCUT2D eigenvalue weighted by molar-refractivity contribution is 5.71. The highest BCUT2D eigenvalue weighted by Gasteiger charge is 2.19. The summed E-state index contributed by atoms with van der Waals surface area (Å²) in [5.74, 6) is -0.889. The standard InChI is InChI=1S/C67H122O6/c1-4-7-10-13-16-19-22-25-27-28-29-30-31-32-33-34-35-36-37-38-40-42-45-48-51-54-57-60-66(69)72-63-64(62-71-65(68)59-56-53-50-47-44-41-24-21-18-15-12-9-6-3)73-67(70)61-58-55-52-49-46-43-39-26-23-20-17-14-11-8-5-2/h9,12,18,21,28-29,41,44,64H,4-8,10-11,13-17,19-20,22-27,30-40,42-43,45-63H2,1-3H3/b12-9-,21-18-,29-28-,44-41-. The van der Waals surface area contributed by atoms with Crippen LogP contribution in [0.4, 0.5) is 0 Å². The molecule has 0 aliphatic carbocycles. The average molecular weight is 1020 g/mol. The zero-order valence-corrected chi connectivity index (χ0v) is 48.9. The fourth-order valence-electron chi connectivity index (χ4n) is 9.51. The summed E-state index contributed by atoms with van der Waals surface area (Å²) in [6, 6.07) is 0. The number of carbonyl (C=O) groups excluding carboxylic acids is 3. The van der Waals surface area contributed by atoms with E-state index >= 15 is 0 Å². The third-order valence-corrected chi connectivity index (χ3v) is 14.3. The van der Waals surface area contributed by atoms with Crippen LogP contribution in [0, 0.1) is 0 Å². The number of hydrogen-bond acceptors (Lipinski definition) is 6. The topological polar surface area (TPSA) is 78.9 Å². The summed E-state index contributed by atoms with van der Waals surface area (Å²) in [4.78, 5) is 38.2. The highest BCUT2D eigenvalue weighted by Crippen LogP contribution is 2.17. The number of rotatable bonds is 59. The maximum absolute atomic E-state index is 12.9. The summed E-state index contributed by atoms with van der Waals surface area (Å²) >= 11 is 0. The van der Waals surface area contributed by atoms with Crippen LogP contribution in [0.2, 0.25) is 0 Å². The van der Waals surface area contributed by atoms with Crippen molar-refractivity contribution in [2.45, 2.75) is 348 Å². The Morgan fingerprint density at radius 2 is 0.534 bits per heavy atom. The molecule has 1 atom stereocenters. The average Bonchev–Trinajstić information content (AvgIpc) is 3.39. The summed E-state index contributed by atoms with van der Waals surface area (Å²) in [6.07, 6.45) is 77.1. The molecule has 6 heteroatoms. The third-order valence-electron chi connectivity index (χ3n) is 14.3. The Morgan fingerprint density at radius 3 is 0.863 bits per heavy atom. The molecule has 73 heavy (non-hydrogen) atoms. The molecular formula is C67H122O6. The third kappa shape index (κ3) is 60.1. The molecule has 0 aromatic rings. The summed E-state index contributed by atoms with van der Waals surface area (Å²) in [7, 11) is 0. The lowest BCUT2D eigenvalue weighted by Crippen LogP contribution is -2.30. The van der Waals surface area contributed by atoms with Crippen LogP contribution in [0.3, 0.4) is 0 Å². The quantitative estimate of drug-likeness (QED) is 0.0261. The van der Waals surface area contributed by atoms with Crippen LogP contribution in [0.1, 0.15) is 342 Å². The van der Waals surface area contributed by atoms with E-state index < -0.39 is 6.10 Å². The summed E-state index contributed by atoms with van der Waals surface area (Å²) < 4.78 is 16.9. The van der Waals surface area contributed by atoms with Gasteiger partial charge in [0.05, 0.1) is 0 Å². The van der Waals surface area contributed by atoms with E-state index in [1.54, 1.807) is 0 Å². The van der Waals surface area contributed by atoms with Crippen molar-refractivity contribution in [1.29, 1.82) is 0 Å². The van der Waals surface area contributed by atoms with Crippen LogP contribution in [-0.2, 0) is 28.6 Å². The van der Waals surface area contributed by atoms with Crippen molar-refractivity contribution in [3.05, 3.63) is 48.6 Å². The normalized spacial score (nSPS) is 12.3. The summed E-state index contributed by atoms with van der Waals surface area (Å²) in [5, 5.41) is 0. The Morgan fingerprint density at radius 1 is 0.288 bits per heavy atom. The fraction of sp³-hybridized carbons (Fsp3) is 0.836. The SMILES string of the molecule is CC/C=C\C/C=C\C/C=C\CCCCCC(=O)OCC(COC(=O)CCCCCCCCCCCCCCCCC/C=C\CCCCCCCCCC)OC(=O)CCCCCCCCCCCCCCCCC. The minimum atomic E-state index is -0.782. The van der Waals surface area contributed by atoms with Gasteiger partial charge in [-0.2, -0.15) is 0 Å². The Balaban J connectivity index is 4.21.